The lowest BCUT2D eigenvalue weighted by atomic mass is 10.1. The summed E-state index contributed by atoms with van der Waals surface area (Å²) >= 11 is 6.35. The second kappa shape index (κ2) is 9.30. The molecule has 0 amide bonds. The summed E-state index contributed by atoms with van der Waals surface area (Å²) in [5.41, 5.74) is 0. The second-order valence-corrected chi connectivity index (χ2v) is 4.97. The van der Waals surface area contributed by atoms with E-state index in [1.807, 2.05) is 0 Å². The zero-order chi connectivity index (χ0) is 15.0. The largest absolute Gasteiger partial charge is 0.458 e. The lowest BCUT2D eigenvalue weighted by Gasteiger charge is -2.30. The summed E-state index contributed by atoms with van der Waals surface area (Å²) in [4.78, 5) is 33.2. The van der Waals surface area contributed by atoms with Crippen LogP contribution >= 0.6 is 31.9 Å². The van der Waals surface area contributed by atoms with Gasteiger partial charge in [-0.25, -0.2) is 0 Å². The Labute approximate surface area is 128 Å². The first-order valence-electron chi connectivity index (χ1n) is 5.45. The van der Waals surface area contributed by atoms with Gasteiger partial charge in [-0.3, -0.25) is 14.4 Å². The third kappa shape index (κ3) is 7.51. The van der Waals surface area contributed by atoms with Crippen LogP contribution in [-0.2, 0) is 28.6 Å². The molecule has 0 spiro atoms. The maximum absolute atomic E-state index is 11.1. The summed E-state index contributed by atoms with van der Waals surface area (Å²) in [6, 6.07) is 0. The van der Waals surface area contributed by atoms with Gasteiger partial charge < -0.3 is 14.2 Å². The summed E-state index contributed by atoms with van der Waals surface area (Å²) in [5.74, 6) is -1.59. The van der Waals surface area contributed by atoms with Crippen molar-refractivity contribution in [3.05, 3.63) is 0 Å². The maximum Gasteiger partial charge on any atom is 0.303 e. The molecule has 0 saturated carbocycles. The van der Waals surface area contributed by atoms with Gasteiger partial charge in [0.25, 0.3) is 0 Å². The number of rotatable bonds is 7. The van der Waals surface area contributed by atoms with Crippen LogP contribution in [0.2, 0.25) is 0 Å². The number of hydrogen-bond acceptors (Lipinski definition) is 6. The normalized spacial score (nSPS) is 13.6. The molecule has 0 saturated heterocycles. The number of ether oxygens (including phenoxy) is 3. The molecule has 0 aliphatic rings. The summed E-state index contributed by atoms with van der Waals surface area (Å²) in [6.45, 7) is 3.72. The van der Waals surface area contributed by atoms with Gasteiger partial charge in [-0.15, -0.1) is 0 Å². The monoisotopic (exact) mass is 402 g/mol. The van der Waals surface area contributed by atoms with Crippen LogP contribution < -0.4 is 0 Å². The fourth-order valence-corrected chi connectivity index (χ4v) is 2.38. The average Bonchev–Trinajstić information content (AvgIpc) is 2.29. The van der Waals surface area contributed by atoms with Gasteiger partial charge in [0, 0.05) is 31.4 Å². The lowest BCUT2D eigenvalue weighted by molar-refractivity contribution is -0.178. The Morgan fingerprint density at radius 1 is 0.789 bits per heavy atom. The third-order valence-corrected chi connectivity index (χ3v) is 3.25. The molecule has 110 valence electrons. The molecule has 0 aromatic rings. The van der Waals surface area contributed by atoms with Crippen molar-refractivity contribution in [1.29, 1.82) is 0 Å². The summed E-state index contributed by atoms with van der Waals surface area (Å²) in [7, 11) is 0. The number of hydrogen-bond donors (Lipinski definition) is 0. The molecule has 0 aromatic carbocycles. The van der Waals surface area contributed by atoms with E-state index in [-0.39, 0.29) is 10.7 Å². The second-order valence-electron chi connectivity index (χ2n) is 3.68. The molecule has 0 bridgehead atoms. The van der Waals surface area contributed by atoms with Crippen molar-refractivity contribution in [2.75, 3.05) is 10.7 Å². The topological polar surface area (TPSA) is 78.9 Å². The van der Waals surface area contributed by atoms with E-state index in [0.29, 0.717) is 0 Å². The minimum atomic E-state index is -0.885. The minimum Gasteiger partial charge on any atom is -0.458 e. The van der Waals surface area contributed by atoms with Crippen LogP contribution in [0.1, 0.15) is 20.8 Å². The zero-order valence-electron chi connectivity index (χ0n) is 10.9. The molecule has 0 fully saturated rings. The van der Waals surface area contributed by atoms with Crippen molar-refractivity contribution in [3.8, 4) is 0 Å². The zero-order valence-corrected chi connectivity index (χ0v) is 14.0. The third-order valence-electron chi connectivity index (χ3n) is 1.97. The molecule has 0 aliphatic heterocycles. The Bertz CT molecular complexity index is 309. The van der Waals surface area contributed by atoms with Crippen molar-refractivity contribution < 1.29 is 28.6 Å². The van der Waals surface area contributed by atoms with Gasteiger partial charge in [-0.1, -0.05) is 31.9 Å². The first kappa shape index (κ1) is 18.4. The molecule has 19 heavy (non-hydrogen) atoms. The number of alkyl halides is 2. The van der Waals surface area contributed by atoms with Gasteiger partial charge in [0.1, 0.15) is 0 Å². The molecular weight excluding hydrogens is 388 g/mol. The molecule has 0 radical (unpaired) electrons. The van der Waals surface area contributed by atoms with E-state index in [9.17, 15) is 14.4 Å². The van der Waals surface area contributed by atoms with Crippen molar-refractivity contribution in [2.24, 2.45) is 0 Å². The molecule has 8 heteroatoms. The Hall–Kier alpha value is -0.630. The fraction of sp³-hybridized carbons (Fsp3) is 0.727. The minimum absolute atomic E-state index is 0.245. The number of carbonyl (C=O) groups excluding carboxylic acids is 3. The Morgan fingerprint density at radius 3 is 1.32 bits per heavy atom. The first-order chi connectivity index (χ1) is 8.81. The fourth-order valence-electron chi connectivity index (χ4n) is 1.38. The Balaban J connectivity index is 5.06. The maximum atomic E-state index is 11.1. The lowest BCUT2D eigenvalue weighted by Crippen LogP contribution is -2.46. The molecule has 0 rings (SSSR count). The van der Waals surface area contributed by atoms with E-state index in [0.717, 1.165) is 0 Å². The predicted octanol–water partition coefficient (Wildman–Crippen LogP) is 1.57. The standard InChI is InChI=1S/C11H16Br2O6/c1-6(14)17-9(4-12)11(19-8(3)16)10(5-13)18-7(2)15/h9-11H,4-5H2,1-3H3/t9-,10-/m1/s1. The SMILES string of the molecule is CC(=O)OC([C@@H](CBr)OC(C)=O)[C@@H](CBr)OC(C)=O. The summed E-state index contributed by atoms with van der Waals surface area (Å²) in [6.07, 6.45) is -2.38. The highest BCUT2D eigenvalue weighted by molar-refractivity contribution is 9.09. The molecule has 0 unspecified atom stereocenters. The average molecular weight is 404 g/mol. The van der Waals surface area contributed by atoms with E-state index in [1.54, 1.807) is 0 Å². The van der Waals surface area contributed by atoms with Gasteiger partial charge in [0.05, 0.1) is 0 Å². The van der Waals surface area contributed by atoms with E-state index in [1.165, 1.54) is 20.8 Å². The van der Waals surface area contributed by atoms with Crippen LogP contribution in [-0.4, -0.2) is 46.9 Å². The number of esters is 3. The summed E-state index contributed by atoms with van der Waals surface area (Å²) < 4.78 is 15.2. The number of halogens is 2. The number of carbonyl (C=O) groups is 3. The van der Waals surface area contributed by atoms with Crippen LogP contribution in [0, 0.1) is 0 Å². The smallest absolute Gasteiger partial charge is 0.303 e. The molecule has 0 aromatic heterocycles. The van der Waals surface area contributed by atoms with Gasteiger partial charge in [0.2, 0.25) is 0 Å². The van der Waals surface area contributed by atoms with Crippen LogP contribution in [0.4, 0.5) is 0 Å². The highest BCUT2D eigenvalue weighted by Crippen LogP contribution is 2.17. The summed E-state index contributed by atoms with van der Waals surface area (Å²) in [5, 5.41) is 0.491. The van der Waals surface area contributed by atoms with E-state index in [4.69, 9.17) is 14.2 Å². The Kier molecular flexibility index (Phi) is 8.99. The Morgan fingerprint density at radius 2 is 1.11 bits per heavy atom. The van der Waals surface area contributed by atoms with Crippen LogP contribution in [0.3, 0.4) is 0 Å². The van der Waals surface area contributed by atoms with Crippen LogP contribution in [0.5, 0.6) is 0 Å². The quantitative estimate of drug-likeness (QED) is 0.364. The first-order valence-corrected chi connectivity index (χ1v) is 7.69. The highest BCUT2D eigenvalue weighted by Gasteiger charge is 2.35. The molecule has 0 aliphatic carbocycles. The van der Waals surface area contributed by atoms with Crippen LogP contribution in [0.25, 0.3) is 0 Å². The molecular formula is C11H16Br2O6. The van der Waals surface area contributed by atoms with Crippen LogP contribution in [0.15, 0.2) is 0 Å². The van der Waals surface area contributed by atoms with E-state index >= 15 is 0 Å². The molecule has 2 atom stereocenters. The van der Waals surface area contributed by atoms with Crippen molar-refractivity contribution in [3.63, 3.8) is 0 Å². The van der Waals surface area contributed by atoms with Gasteiger partial charge in [0.15, 0.2) is 18.3 Å². The molecule has 6 nitrogen and oxygen atoms in total. The van der Waals surface area contributed by atoms with E-state index in [2.05, 4.69) is 31.9 Å². The van der Waals surface area contributed by atoms with Crippen molar-refractivity contribution in [2.45, 2.75) is 39.1 Å². The molecule has 0 heterocycles. The highest BCUT2D eigenvalue weighted by atomic mass is 79.9. The van der Waals surface area contributed by atoms with Crippen molar-refractivity contribution >= 4 is 49.8 Å². The van der Waals surface area contributed by atoms with Gasteiger partial charge in [-0.05, 0) is 0 Å². The van der Waals surface area contributed by atoms with Crippen molar-refractivity contribution in [1.82, 2.24) is 0 Å². The van der Waals surface area contributed by atoms with E-state index < -0.39 is 36.2 Å². The molecule has 0 N–H and O–H groups in total. The van der Waals surface area contributed by atoms with Gasteiger partial charge in [-0.2, -0.15) is 0 Å². The predicted molar refractivity (Wildman–Crippen MR) is 74.3 cm³/mol. The van der Waals surface area contributed by atoms with Gasteiger partial charge >= 0.3 is 17.9 Å².